The molecule has 6 nitrogen and oxygen atoms in total. The van der Waals surface area contributed by atoms with Gasteiger partial charge in [0.15, 0.2) is 17.5 Å². The van der Waals surface area contributed by atoms with Crippen molar-refractivity contribution in [1.82, 2.24) is 29.9 Å². The van der Waals surface area contributed by atoms with Gasteiger partial charge in [-0.15, -0.1) is 0 Å². The van der Waals surface area contributed by atoms with Gasteiger partial charge in [-0.05, 0) is 36.4 Å². The molecule has 128 valence electrons. The third-order valence-electron chi connectivity index (χ3n) is 3.45. The molecule has 0 aliphatic heterocycles. The molecule has 4 rings (SSSR count). The van der Waals surface area contributed by atoms with E-state index < -0.39 is 0 Å². The summed E-state index contributed by atoms with van der Waals surface area (Å²) in [5, 5.41) is 0. The molecule has 0 N–H and O–H groups in total. The first-order chi connectivity index (χ1) is 12.9. The molecule has 4 aromatic heterocycles. The molecule has 0 bridgehead atoms. The SMILES string of the molecule is CC.c1cc(-c2nc(-c3ccncc3)nc(-c3ccncc3)n2)ccn1. The lowest BCUT2D eigenvalue weighted by atomic mass is 10.2. The average Bonchev–Trinajstić information content (AvgIpc) is 2.77. The standard InChI is InChI=1S/C18H12N6.C2H6/c1-7-19-8-2-13(1)16-22-17(14-3-9-20-10-4-14)24-18(23-16)15-5-11-21-12-6-15;1-2/h1-12H;1-2H3. The number of hydrogen-bond acceptors (Lipinski definition) is 6. The van der Waals surface area contributed by atoms with E-state index in [1.54, 1.807) is 37.2 Å². The van der Waals surface area contributed by atoms with Gasteiger partial charge in [-0.3, -0.25) is 15.0 Å². The molecule has 0 aliphatic carbocycles. The first-order valence-electron chi connectivity index (χ1n) is 8.37. The molecule has 0 saturated carbocycles. The topological polar surface area (TPSA) is 77.3 Å². The molecule has 4 heterocycles. The summed E-state index contributed by atoms with van der Waals surface area (Å²) in [6.07, 6.45) is 10.3. The van der Waals surface area contributed by atoms with Gasteiger partial charge in [0.2, 0.25) is 0 Å². The lowest BCUT2D eigenvalue weighted by Gasteiger charge is -2.07. The van der Waals surface area contributed by atoms with Crippen LogP contribution in [-0.4, -0.2) is 29.9 Å². The van der Waals surface area contributed by atoms with Gasteiger partial charge in [-0.1, -0.05) is 13.8 Å². The second-order valence-corrected chi connectivity index (χ2v) is 5.01. The Bertz CT molecular complexity index is 804. The molecule has 6 heteroatoms. The van der Waals surface area contributed by atoms with Crippen molar-refractivity contribution in [2.45, 2.75) is 13.8 Å². The van der Waals surface area contributed by atoms with Crippen LogP contribution in [0.5, 0.6) is 0 Å². The third-order valence-corrected chi connectivity index (χ3v) is 3.45. The first-order valence-corrected chi connectivity index (χ1v) is 8.37. The first kappa shape index (κ1) is 17.3. The Morgan fingerprint density at radius 2 is 0.654 bits per heavy atom. The summed E-state index contributed by atoms with van der Waals surface area (Å²) in [4.78, 5) is 26.0. The predicted molar refractivity (Wildman–Crippen MR) is 101 cm³/mol. The molecular weight excluding hydrogens is 324 g/mol. The van der Waals surface area contributed by atoms with Crippen molar-refractivity contribution < 1.29 is 0 Å². The molecule has 0 fully saturated rings. The Kier molecular flexibility index (Phi) is 5.67. The minimum atomic E-state index is 0.603. The van der Waals surface area contributed by atoms with Crippen LogP contribution in [0.2, 0.25) is 0 Å². The van der Waals surface area contributed by atoms with Crippen LogP contribution in [0.1, 0.15) is 13.8 Å². The normalized spacial score (nSPS) is 9.92. The number of pyridine rings is 3. The van der Waals surface area contributed by atoms with Gasteiger partial charge in [0.1, 0.15) is 0 Å². The summed E-state index contributed by atoms with van der Waals surface area (Å²) >= 11 is 0. The molecule has 0 aromatic carbocycles. The Morgan fingerprint density at radius 3 is 0.885 bits per heavy atom. The van der Waals surface area contributed by atoms with Crippen molar-refractivity contribution >= 4 is 0 Å². The average molecular weight is 342 g/mol. The van der Waals surface area contributed by atoms with Crippen LogP contribution in [-0.2, 0) is 0 Å². The highest BCUT2D eigenvalue weighted by Gasteiger charge is 2.11. The maximum Gasteiger partial charge on any atom is 0.164 e. The van der Waals surface area contributed by atoms with Gasteiger partial charge in [-0.25, -0.2) is 15.0 Å². The molecule has 0 saturated heterocycles. The molecule has 0 amide bonds. The quantitative estimate of drug-likeness (QED) is 0.558. The van der Waals surface area contributed by atoms with Crippen molar-refractivity contribution in [2.24, 2.45) is 0 Å². The second kappa shape index (κ2) is 8.53. The van der Waals surface area contributed by atoms with Gasteiger partial charge in [-0.2, -0.15) is 0 Å². The van der Waals surface area contributed by atoms with Crippen molar-refractivity contribution in [3.63, 3.8) is 0 Å². The van der Waals surface area contributed by atoms with E-state index in [9.17, 15) is 0 Å². The van der Waals surface area contributed by atoms with Gasteiger partial charge in [0.25, 0.3) is 0 Å². The summed E-state index contributed by atoms with van der Waals surface area (Å²) in [5.74, 6) is 1.81. The highest BCUT2D eigenvalue weighted by atomic mass is 15.0. The van der Waals surface area contributed by atoms with Crippen LogP contribution in [0.25, 0.3) is 34.2 Å². The number of nitrogens with zero attached hydrogens (tertiary/aromatic N) is 6. The van der Waals surface area contributed by atoms with Crippen LogP contribution >= 0.6 is 0 Å². The Hall–Kier alpha value is -3.54. The fourth-order valence-corrected chi connectivity index (χ4v) is 2.27. The Balaban J connectivity index is 0.000000948. The summed E-state index contributed by atoms with van der Waals surface area (Å²) in [7, 11) is 0. The fraction of sp³-hybridized carbons (Fsp3) is 0.100. The van der Waals surface area contributed by atoms with Crippen molar-refractivity contribution in [2.75, 3.05) is 0 Å². The van der Waals surface area contributed by atoms with Gasteiger partial charge in [0.05, 0.1) is 0 Å². The van der Waals surface area contributed by atoms with Gasteiger partial charge < -0.3 is 0 Å². The lowest BCUT2D eigenvalue weighted by Crippen LogP contribution is -2.00. The van der Waals surface area contributed by atoms with Crippen molar-refractivity contribution in [3.05, 3.63) is 73.6 Å². The van der Waals surface area contributed by atoms with Crippen LogP contribution in [0.4, 0.5) is 0 Å². The summed E-state index contributed by atoms with van der Waals surface area (Å²) in [5.41, 5.74) is 2.66. The Labute approximate surface area is 152 Å². The van der Waals surface area contributed by atoms with Crippen molar-refractivity contribution in [3.8, 4) is 34.2 Å². The molecule has 0 unspecified atom stereocenters. The highest BCUT2D eigenvalue weighted by molar-refractivity contribution is 5.65. The number of rotatable bonds is 3. The highest BCUT2D eigenvalue weighted by Crippen LogP contribution is 2.23. The molecule has 0 aliphatic rings. The smallest absolute Gasteiger partial charge is 0.164 e. The largest absolute Gasteiger partial charge is 0.265 e. The molecular formula is C20H18N6. The summed E-state index contributed by atoms with van der Waals surface area (Å²) in [6, 6.07) is 11.3. The van der Waals surface area contributed by atoms with Crippen LogP contribution in [0.15, 0.2) is 73.6 Å². The zero-order valence-electron chi connectivity index (χ0n) is 14.6. The van der Waals surface area contributed by atoms with Gasteiger partial charge in [0, 0.05) is 53.9 Å². The fourth-order valence-electron chi connectivity index (χ4n) is 2.27. The zero-order valence-corrected chi connectivity index (χ0v) is 14.6. The zero-order chi connectivity index (χ0) is 18.2. The maximum atomic E-state index is 4.61. The van der Waals surface area contributed by atoms with E-state index in [1.807, 2.05) is 50.2 Å². The minimum Gasteiger partial charge on any atom is -0.265 e. The summed E-state index contributed by atoms with van der Waals surface area (Å²) < 4.78 is 0. The molecule has 0 radical (unpaired) electrons. The number of aromatic nitrogens is 6. The van der Waals surface area contributed by atoms with Crippen molar-refractivity contribution in [1.29, 1.82) is 0 Å². The second-order valence-electron chi connectivity index (χ2n) is 5.01. The minimum absolute atomic E-state index is 0.603. The van der Waals surface area contributed by atoms with E-state index in [-0.39, 0.29) is 0 Å². The van der Waals surface area contributed by atoms with Gasteiger partial charge >= 0.3 is 0 Å². The van der Waals surface area contributed by atoms with E-state index in [0.717, 1.165) is 16.7 Å². The van der Waals surface area contributed by atoms with Crippen LogP contribution in [0, 0.1) is 0 Å². The van der Waals surface area contributed by atoms with E-state index >= 15 is 0 Å². The van der Waals surface area contributed by atoms with E-state index in [2.05, 4.69) is 29.9 Å². The molecule has 0 atom stereocenters. The predicted octanol–water partition coefficient (Wildman–Crippen LogP) is 4.08. The third kappa shape index (κ3) is 3.92. The monoisotopic (exact) mass is 342 g/mol. The Morgan fingerprint density at radius 1 is 0.423 bits per heavy atom. The molecule has 26 heavy (non-hydrogen) atoms. The number of hydrogen-bond donors (Lipinski definition) is 0. The van der Waals surface area contributed by atoms with Crippen LogP contribution < -0.4 is 0 Å². The lowest BCUT2D eigenvalue weighted by molar-refractivity contribution is 1.07. The van der Waals surface area contributed by atoms with E-state index in [1.165, 1.54) is 0 Å². The van der Waals surface area contributed by atoms with E-state index in [4.69, 9.17) is 0 Å². The summed E-state index contributed by atoms with van der Waals surface area (Å²) in [6.45, 7) is 4.00. The molecule has 4 aromatic rings. The van der Waals surface area contributed by atoms with E-state index in [0.29, 0.717) is 17.5 Å². The van der Waals surface area contributed by atoms with Crippen LogP contribution in [0.3, 0.4) is 0 Å². The molecule has 0 spiro atoms. The maximum absolute atomic E-state index is 4.61.